The van der Waals surface area contributed by atoms with Gasteiger partial charge in [0.2, 0.25) is 11.8 Å². The number of nitrogens with zero attached hydrogens (tertiary/aromatic N) is 1. The number of likely N-dealkylation sites (tertiary alicyclic amines) is 1. The lowest BCUT2D eigenvalue weighted by molar-refractivity contribution is -0.143. The monoisotopic (exact) mass is 282 g/mol. The molecule has 0 spiro atoms. The van der Waals surface area contributed by atoms with Crippen LogP contribution in [0.15, 0.2) is 0 Å². The third kappa shape index (κ3) is 3.11. The molecule has 112 valence electrons. The second kappa shape index (κ2) is 5.81. The van der Waals surface area contributed by atoms with Crippen LogP contribution in [0.2, 0.25) is 0 Å². The molecule has 2 amide bonds. The Hall–Kier alpha value is -1.59. The Morgan fingerprint density at radius 3 is 2.60 bits per heavy atom. The first-order chi connectivity index (χ1) is 9.43. The van der Waals surface area contributed by atoms with E-state index in [0.717, 1.165) is 12.8 Å². The van der Waals surface area contributed by atoms with Crippen molar-refractivity contribution in [1.29, 1.82) is 0 Å². The Morgan fingerprint density at radius 2 is 2.10 bits per heavy atom. The first-order valence-corrected chi connectivity index (χ1v) is 7.26. The van der Waals surface area contributed by atoms with Gasteiger partial charge >= 0.3 is 5.97 Å². The van der Waals surface area contributed by atoms with E-state index in [1.165, 1.54) is 0 Å². The molecule has 6 nitrogen and oxygen atoms in total. The third-order valence-electron chi connectivity index (χ3n) is 4.29. The summed E-state index contributed by atoms with van der Waals surface area (Å²) < 4.78 is 0. The molecule has 6 heteroatoms. The van der Waals surface area contributed by atoms with Crippen LogP contribution in [0.4, 0.5) is 0 Å². The van der Waals surface area contributed by atoms with Crippen LogP contribution in [0, 0.1) is 11.8 Å². The first-order valence-electron chi connectivity index (χ1n) is 7.26. The number of amides is 2. The molecule has 1 aliphatic heterocycles. The summed E-state index contributed by atoms with van der Waals surface area (Å²) in [7, 11) is 0. The molecule has 1 saturated heterocycles. The van der Waals surface area contributed by atoms with E-state index in [4.69, 9.17) is 0 Å². The van der Waals surface area contributed by atoms with Gasteiger partial charge in [0.25, 0.3) is 0 Å². The molecule has 0 radical (unpaired) electrons. The van der Waals surface area contributed by atoms with Crippen molar-refractivity contribution < 1.29 is 19.5 Å². The molecule has 0 aromatic rings. The highest BCUT2D eigenvalue weighted by atomic mass is 16.4. The summed E-state index contributed by atoms with van der Waals surface area (Å²) in [5, 5.41) is 11.8. The minimum absolute atomic E-state index is 0.0167. The number of carboxylic acid groups (broad SMARTS) is 1. The summed E-state index contributed by atoms with van der Waals surface area (Å²) in [4.78, 5) is 36.9. The largest absolute Gasteiger partial charge is 0.480 e. The van der Waals surface area contributed by atoms with Crippen LogP contribution < -0.4 is 5.32 Å². The van der Waals surface area contributed by atoms with Crippen LogP contribution in [0.3, 0.4) is 0 Å². The number of carboxylic acids is 1. The van der Waals surface area contributed by atoms with Gasteiger partial charge in [0.15, 0.2) is 0 Å². The van der Waals surface area contributed by atoms with E-state index in [2.05, 4.69) is 5.32 Å². The lowest BCUT2D eigenvalue weighted by Gasteiger charge is -2.22. The zero-order valence-corrected chi connectivity index (χ0v) is 12.0. The van der Waals surface area contributed by atoms with Gasteiger partial charge in [-0.1, -0.05) is 20.3 Å². The molecule has 0 bridgehead atoms. The molecule has 1 heterocycles. The number of carbonyl (C=O) groups is 3. The Bertz CT molecular complexity index is 419. The highest BCUT2D eigenvalue weighted by Gasteiger charge is 2.42. The Labute approximate surface area is 118 Å². The van der Waals surface area contributed by atoms with Gasteiger partial charge in [-0.15, -0.1) is 0 Å². The van der Waals surface area contributed by atoms with E-state index in [0.29, 0.717) is 19.0 Å². The van der Waals surface area contributed by atoms with E-state index < -0.39 is 17.9 Å². The van der Waals surface area contributed by atoms with E-state index in [-0.39, 0.29) is 24.2 Å². The fourth-order valence-corrected chi connectivity index (χ4v) is 2.60. The SMILES string of the molecule is CC[C@H](C)[C@H](NC(=O)C1CC(=O)N(C2CC2)C1)C(=O)O. The molecule has 1 aliphatic carbocycles. The molecule has 1 unspecified atom stereocenters. The quantitative estimate of drug-likeness (QED) is 0.747. The molecule has 1 saturated carbocycles. The number of carbonyl (C=O) groups excluding carboxylic acids is 2. The number of nitrogens with one attached hydrogen (secondary N) is 1. The van der Waals surface area contributed by atoms with Crippen LogP contribution in [0.1, 0.15) is 39.5 Å². The van der Waals surface area contributed by atoms with E-state index in [9.17, 15) is 19.5 Å². The van der Waals surface area contributed by atoms with Crippen molar-refractivity contribution in [2.45, 2.75) is 51.6 Å². The molecule has 3 atom stereocenters. The maximum atomic E-state index is 12.2. The summed E-state index contributed by atoms with van der Waals surface area (Å²) in [6.07, 6.45) is 2.92. The van der Waals surface area contributed by atoms with Crippen molar-refractivity contribution in [2.24, 2.45) is 11.8 Å². The fourth-order valence-electron chi connectivity index (χ4n) is 2.60. The third-order valence-corrected chi connectivity index (χ3v) is 4.29. The Morgan fingerprint density at radius 1 is 1.45 bits per heavy atom. The summed E-state index contributed by atoms with van der Waals surface area (Å²) in [6.45, 7) is 4.12. The number of hydrogen-bond donors (Lipinski definition) is 2. The highest BCUT2D eigenvalue weighted by molar-refractivity contribution is 5.91. The van der Waals surface area contributed by atoms with Gasteiger partial charge in [-0.25, -0.2) is 4.79 Å². The number of aliphatic carboxylic acids is 1. The number of hydrogen-bond acceptors (Lipinski definition) is 3. The zero-order valence-electron chi connectivity index (χ0n) is 12.0. The molecule has 2 N–H and O–H groups in total. The molecule has 0 aromatic heterocycles. The zero-order chi connectivity index (χ0) is 14.9. The van der Waals surface area contributed by atoms with Gasteiger partial charge in [0.1, 0.15) is 6.04 Å². The van der Waals surface area contributed by atoms with Crippen LogP contribution in [0.25, 0.3) is 0 Å². The van der Waals surface area contributed by atoms with Gasteiger partial charge in [0, 0.05) is 19.0 Å². The lowest BCUT2D eigenvalue weighted by Crippen LogP contribution is -2.47. The summed E-state index contributed by atoms with van der Waals surface area (Å²) >= 11 is 0. The highest BCUT2D eigenvalue weighted by Crippen LogP contribution is 2.32. The van der Waals surface area contributed by atoms with Crippen molar-refractivity contribution >= 4 is 17.8 Å². The van der Waals surface area contributed by atoms with Crippen LogP contribution in [-0.4, -0.2) is 46.4 Å². The van der Waals surface area contributed by atoms with E-state index >= 15 is 0 Å². The van der Waals surface area contributed by atoms with Gasteiger partial charge in [-0.2, -0.15) is 0 Å². The first kappa shape index (κ1) is 14.8. The summed E-state index contributed by atoms with van der Waals surface area (Å²) in [5.41, 5.74) is 0. The van der Waals surface area contributed by atoms with Crippen LogP contribution in [0.5, 0.6) is 0 Å². The van der Waals surface area contributed by atoms with Gasteiger partial charge in [-0.3, -0.25) is 9.59 Å². The average molecular weight is 282 g/mol. The summed E-state index contributed by atoms with van der Waals surface area (Å²) in [6, 6.07) is -0.567. The molecule has 2 fully saturated rings. The van der Waals surface area contributed by atoms with Crippen molar-refractivity contribution in [1.82, 2.24) is 10.2 Å². The second-order valence-corrected chi connectivity index (χ2v) is 5.89. The average Bonchev–Trinajstić information content (AvgIpc) is 3.17. The second-order valence-electron chi connectivity index (χ2n) is 5.89. The van der Waals surface area contributed by atoms with Crippen LogP contribution in [-0.2, 0) is 14.4 Å². The standard InChI is InChI=1S/C14H22N2O4/c1-3-8(2)12(14(19)20)15-13(18)9-6-11(17)16(7-9)10-4-5-10/h8-10,12H,3-7H2,1-2H3,(H,15,18)(H,19,20)/t8-,9?,12-/m0/s1. The van der Waals surface area contributed by atoms with Crippen molar-refractivity contribution in [2.75, 3.05) is 6.54 Å². The van der Waals surface area contributed by atoms with Crippen molar-refractivity contribution in [3.8, 4) is 0 Å². The smallest absolute Gasteiger partial charge is 0.326 e. The predicted octanol–water partition coefficient (Wildman–Crippen LogP) is 0.613. The molecular formula is C14H22N2O4. The van der Waals surface area contributed by atoms with Crippen molar-refractivity contribution in [3.05, 3.63) is 0 Å². The van der Waals surface area contributed by atoms with Gasteiger partial charge in [0.05, 0.1) is 5.92 Å². The minimum atomic E-state index is -1.02. The lowest BCUT2D eigenvalue weighted by atomic mass is 9.98. The van der Waals surface area contributed by atoms with Crippen LogP contribution >= 0.6 is 0 Å². The van der Waals surface area contributed by atoms with Gasteiger partial charge < -0.3 is 15.3 Å². The maximum absolute atomic E-state index is 12.2. The minimum Gasteiger partial charge on any atom is -0.480 e. The molecule has 0 aromatic carbocycles. The topological polar surface area (TPSA) is 86.7 Å². The maximum Gasteiger partial charge on any atom is 0.326 e. The molecule has 2 rings (SSSR count). The molecule has 2 aliphatic rings. The Kier molecular flexibility index (Phi) is 4.30. The molecular weight excluding hydrogens is 260 g/mol. The van der Waals surface area contributed by atoms with Crippen molar-refractivity contribution in [3.63, 3.8) is 0 Å². The van der Waals surface area contributed by atoms with E-state index in [1.807, 2.05) is 6.92 Å². The predicted molar refractivity (Wildman–Crippen MR) is 71.9 cm³/mol. The normalized spacial score (nSPS) is 25.4. The molecule has 20 heavy (non-hydrogen) atoms. The Balaban J connectivity index is 1.94. The van der Waals surface area contributed by atoms with E-state index in [1.54, 1.807) is 11.8 Å². The van der Waals surface area contributed by atoms with Gasteiger partial charge in [-0.05, 0) is 18.8 Å². The fraction of sp³-hybridized carbons (Fsp3) is 0.786. The summed E-state index contributed by atoms with van der Waals surface area (Å²) in [5.74, 6) is -1.85. The number of rotatable bonds is 6.